The third-order valence-electron chi connectivity index (χ3n) is 10.3. The molecule has 0 N–H and O–H groups in total. The first-order valence-electron chi connectivity index (χ1n) is 18.4. The van der Waals surface area contributed by atoms with Crippen molar-refractivity contribution in [2.24, 2.45) is 16.2 Å². The smallest absolute Gasteiger partial charge is 0.00202 e. The van der Waals surface area contributed by atoms with Crippen LogP contribution in [0.15, 0.2) is 48.5 Å². The molecule has 0 saturated carbocycles. The van der Waals surface area contributed by atoms with E-state index in [1.54, 1.807) is 0 Å². The lowest BCUT2D eigenvalue weighted by atomic mass is 9.70. The summed E-state index contributed by atoms with van der Waals surface area (Å²) in [5.41, 5.74) is 15.7. The third-order valence-corrected chi connectivity index (χ3v) is 10.3. The van der Waals surface area contributed by atoms with E-state index in [-0.39, 0.29) is 32.5 Å². The maximum atomic E-state index is 2.56. The van der Waals surface area contributed by atoms with Crippen LogP contribution in [0.1, 0.15) is 179 Å². The van der Waals surface area contributed by atoms with Crippen LogP contribution in [0, 0.1) is 37.0 Å². The molecule has 0 aromatic heterocycles. The van der Waals surface area contributed by atoms with E-state index in [1.165, 1.54) is 55.6 Å². The summed E-state index contributed by atoms with van der Waals surface area (Å²) in [5, 5.41) is 0. The van der Waals surface area contributed by atoms with Crippen LogP contribution >= 0.6 is 0 Å². The van der Waals surface area contributed by atoms with Crippen molar-refractivity contribution in [2.75, 3.05) is 0 Å². The van der Waals surface area contributed by atoms with Gasteiger partial charge in [-0.15, -0.1) is 0 Å². The van der Waals surface area contributed by atoms with Crippen LogP contribution in [0.2, 0.25) is 0 Å². The Morgan fingerprint density at radius 3 is 0.936 bits per heavy atom. The molecule has 0 atom stereocenters. The van der Waals surface area contributed by atoms with Gasteiger partial charge in [0.15, 0.2) is 0 Å². The maximum Gasteiger partial charge on any atom is -0.00202 e. The Morgan fingerprint density at radius 2 is 0.638 bits per heavy atom. The molecule has 3 aromatic rings. The number of rotatable bonds is 10. The topological polar surface area (TPSA) is 0 Å². The van der Waals surface area contributed by atoms with Crippen molar-refractivity contribution in [3.05, 3.63) is 104 Å². The molecule has 0 aliphatic rings. The Labute approximate surface area is 292 Å². The minimum Gasteiger partial charge on any atom is -0.0601 e. The number of aryl methyl sites for hydroxylation is 2. The average Bonchev–Trinajstić information content (AvgIpc) is 2.84. The monoisotopic (exact) mass is 637 g/mol. The standard InChI is InChI=1S/C47H72/c1-32-19-21-39(45(13,14)29-42(4,5)6)25-35(32)23-37-27-41(47(17,18)31-44(10,11)12)28-38(34(37)3)24-36-26-40(22-20-33(36)2)46(15,16)30-43(7,8)9/h19-22,25-28H,23-24,29-31H2,1-18H3. The Bertz CT molecular complexity index is 1430. The van der Waals surface area contributed by atoms with Gasteiger partial charge in [0.2, 0.25) is 0 Å². The molecule has 0 heterocycles. The summed E-state index contributed by atoms with van der Waals surface area (Å²) in [6, 6.07) is 19.7. The Kier molecular flexibility index (Phi) is 11.2. The van der Waals surface area contributed by atoms with Gasteiger partial charge in [-0.05, 0) is 141 Å². The summed E-state index contributed by atoms with van der Waals surface area (Å²) in [5.74, 6) is 0. The van der Waals surface area contributed by atoms with Crippen molar-refractivity contribution < 1.29 is 0 Å². The zero-order valence-corrected chi connectivity index (χ0v) is 34.2. The van der Waals surface area contributed by atoms with Gasteiger partial charge in [-0.3, -0.25) is 0 Å². The first-order valence-corrected chi connectivity index (χ1v) is 18.4. The largest absolute Gasteiger partial charge is 0.0601 e. The first-order chi connectivity index (χ1) is 21.1. The maximum absolute atomic E-state index is 2.56. The molecule has 47 heavy (non-hydrogen) atoms. The molecular weight excluding hydrogens is 565 g/mol. The third kappa shape index (κ3) is 10.8. The van der Waals surface area contributed by atoms with E-state index in [2.05, 4.69) is 173 Å². The van der Waals surface area contributed by atoms with Crippen molar-refractivity contribution in [3.63, 3.8) is 0 Å². The molecule has 0 nitrogen and oxygen atoms in total. The van der Waals surface area contributed by atoms with Crippen LogP contribution in [0.4, 0.5) is 0 Å². The van der Waals surface area contributed by atoms with E-state index in [1.807, 2.05) is 0 Å². The molecule has 0 radical (unpaired) electrons. The quantitative estimate of drug-likeness (QED) is 0.208. The normalized spacial score (nSPS) is 13.7. The van der Waals surface area contributed by atoms with Crippen molar-refractivity contribution in [3.8, 4) is 0 Å². The van der Waals surface area contributed by atoms with Crippen LogP contribution < -0.4 is 0 Å². The van der Waals surface area contributed by atoms with E-state index < -0.39 is 0 Å². The number of hydrogen-bond donors (Lipinski definition) is 0. The first kappa shape index (κ1) is 39.1. The van der Waals surface area contributed by atoms with E-state index in [0.29, 0.717) is 0 Å². The van der Waals surface area contributed by atoms with E-state index in [4.69, 9.17) is 0 Å². The summed E-state index contributed by atoms with van der Waals surface area (Å²) in [4.78, 5) is 0. The Balaban J connectivity index is 2.17. The molecule has 0 fully saturated rings. The highest BCUT2D eigenvalue weighted by Crippen LogP contribution is 2.41. The molecular formula is C47H72. The lowest BCUT2D eigenvalue weighted by Gasteiger charge is -2.34. The van der Waals surface area contributed by atoms with Crippen LogP contribution in [-0.2, 0) is 29.1 Å². The van der Waals surface area contributed by atoms with Crippen molar-refractivity contribution in [1.29, 1.82) is 0 Å². The molecule has 0 heteroatoms. The summed E-state index contributed by atoms with van der Waals surface area (Å²) in [6.07, 6.45) is 5.41. The molecule has 0 spiro atoms. The van der Waals surface area contributed by atoms with Crippen LogP contribution in [-0.4, -0.2) is 0 Å². The summed E-state index contributed by atoms with van der Waals surface area (Å²) >= 11 is 0. The van der Waals surface area contributed by atoms with Crippen molar-refractivity contribution in [2.45, 2.75) is 173 Å². The molecule has 260 valence electrons. The van der Waals surface area contributed by atoms with Gasteiger partial charge >= 0.3 is 0 Å². The van der Waals surface area contributed by atoms with Gasteiger partial charge in [0.25, 0.3) is 0 Å². The minimum atomic E-state index is 0.0760. The molecule has 0 amide bonds. The Hall–Kier alpha value is -2.34. The van der Waals surface area contributed by atoms with Gasteiger partial charge in [-0.25, -0.2) is 0 Å². The van der Waals surface area contributed by atoms with Gasteiger partial charge < -0.3 is 0 Å². The fourth-order valence-corrected chi connectivity index (χ4v) is 8.86. The second-order valence-corrected chi connectivity index (χ2v) is 20.9. The van der Waals surface area contributed by atoms with Crippen molar-refractivity contribution >= 4 is 0 Å². The predicted molar refractivity (Wildman–Crippen MR) is 210 cm³/mol. The summed E-state index contributed by atoms with van der Waals surface area (Å²) in [7, 11) is 0. The zero-order valence-electron chi connectivity index (χ0n) is 34.2. The van der Waals surface area contributed by atoms with Crippen LogP contribution in [0.5, 0.6) is 0 Å². The average molecular weight is 637 g/mol. The molecule has 0 unspecified atom stereocenters. The summed E-state index contributed by atoms with van der Waals surface area (Å²) < 4.78 is 0. The van der Waals surface area contributed by atoms with E-state index in [0.717, 1.165) is 32.1 Å². The van der Waals surface area contributed by atoms with Crippen molar-refractivity contribution in [1.82, 2.24) is 0 Å². The van der Waals surface area contributed by atoms with Gasteiger partial charge in [0, 0.05) is 0 Å². The van der Waals surface area contributed by atoms with Crippen LogP contribution in [0.3, 0.4) is 0 Å². The van der Waals surface area contributed by atoms with E-state index in [9.17, 15) is 0 Å². The highest BCUT2D eigenvalue weighted by molar-refractivity contribution is 5.48. The summed E-state index contributed by atoms with van der Waals surface area (Å²) in [6.45, 7) is 42.9. The predicted octanol–water partition coefficient (Wildman–Crippen LogP) is 13.9. The number of hydrogen-bond acceptors (Lipinski definition) is 0. The fourth-order valence-electron chi connectivity index (χ4n) is 8.86. The second-order valence-electron chi connectivity index (χ2n) is 20.9. The van der Waals surface area contributed by atoms with Crippen LogP contribution in [0.25, 0.3) is 0 Å². The lowest BCUT2D eigenvalue weighted by molar-refractivity contribution is 0.283. The molecule has 3 rings (SSSR count). The molecule has 0 bridgehead atoms. The molecule has 0 saturated heterocycles. The second kappa shape index (κ2) is 13.5. The minimum absolute atomic E-state index is 0.0760. The molecule has 3 aromatic carbocycles. The Morgan fingerprint density at radius 1 is 0.362 bits per heavy atom. The molecule has 0 aliphatic heterocycles. The van der Waals surface area contributed by atoms with Gasteiger partial charge in [0.1, 0.15) is 0 Å². The lowest BCUT2D eigenvalue weighted by Crippen LogP contribution is -2.26. The highest BCUT2D eigenvalue weighted by atomic mass is 14.4. The SMILES string of the molecule is Cc1ccc(C(C)(C)CC(C)(C)C)cc1Cc1cc(C(C)(C)CC(C)(C)C)cc(Cc2cc(C(C)(C)CC(C)(C)C)ccc2C)c1C. The van der Waals surface area contributed by atoms with Gasteiger partial charge in [-0.1, -0.05) is 152 Å². The zero-order chi connectivity index (χ0) is 36.0. The highest BCUT2D eigenvalue weighted by Gasteiger charge is 2.31. The fraction of sp³-hybridized carbons (Fsp3) is 0.617. The number of benzene rings is 3. The van der Waals surface area contributed by atoms with Gasteiger partial charge in [0.05, 0.1) is 0 Å². The van der Waals surface area contributed by atoms with Gasteiger partial charge in [-0.2, -0.15) is 0 Å². The molecule has 0 aliphatic carbocycles. The van der Waals surface area contributed by atoms with E-state index >= 15 is 0 Å².